The molecule has 0 spiro atoms. The lowest BCUT2D eigenvalue weighted by Crippen LogP contribution is -2.51. The first-order valence-corrected chi connectivity index (χ1v) is 13.6. The van der Waals surface area contributed by atoms with Gasteiger partial charge in [-0.1, -0.05) is 6.07 Å². The molecule has 1 amide bonds. The minimum absolute atomic E-state index is 0.00740. The van der Waals surface area contributed by atoms with E-state index < -0.39 is 47.8 Å². The number of benzene rings is 2. The molecule has 0 radical (unpaired) electrons. The Morgan fingerprint density at radius 3 is 2.58 bits per heavy atom. The van der Waals surface area contributed by atoms with Crippen molar-refractivity contribution in [2.45, 2.75) is 43.1 Å². The average molecular weight is 600 g/mol. The molecule has 1 aliphatic carbocycles. The third kappa shape index (κ3) is 5.24. The maximum atomic E-state index is 14.7. The highest BCUT2D eigenvalue weighted by atomic mass is 19.4. The van der Waals surface area contributed by atoms with Crippen LogP contribution in [0, 0.1) is 5.82 Å². The summed E-state index contributed by atoms with van der Waals surface area (Å²) in [7, 11) is 0. The van der Waals surface area contributed by atoms with E-state index in [1.165, 1.54) is 31.2 Å². The first kappa shape index (κ1) is 28.8. The number of rotatable bonds is 8. The van der Waals surface area contributed by atoms with Crippen LogP contribution in [-0.4, -0.2) is 53.1 Å². The number of aliphatic hydroxyl groups is 1. The Balaban J connectivity index is 1.38. The molecule has 1 aliphatic heterocycles. The Morgan fingerprint density at radius 1 is 1.16 bits per heavy atom. The monoisotopic (exact) mass is 599 g/mol. The van der Waals surface area contributed by atoms with Crippen LogP contribution >= 0.6 is 0 Å². The van der Waals surface area contributed by atoms with E-state index in [1.54, 1.807) is 18.3 Å². The molecule has 2 aromatic carbocycles. The van der Waals surface area contributed by atoms with Crippen LogP contribution in [0.4, 0.5) is 22.0 Å². The number of pyridine rings is 2. The van der Waals surface area contributed by atoms with Crippen LogP contribution in [-0.2, 0) is 11.0 Å². The van der Waals surface area contributed by atoms with Crippen molar-refractivity contribution >= 4 is 16.8 Å². The Morgan fingerprint density at radius 2 is 1.91 bits per heavy atom. The smallest absolute Gasteiger partial charge is 0.424 e. The number of nitrogens with one attached hydrogen (secondary N) is 1. The molecular weight excluding hydrogens is 573 g/mol. The number of amides is 1. The van der Waals surface area contributed by atoms with Crippen LogP contribution in [0.2, 0.25) is 0 Å². The van der Waals surface area contributed by atoms with Crippen LogP contribution < -0.4 is 14.8 Å². The molecule has 1 unspecified atom stereocenters. The molecule has 4 aromatic rings. The Kier molecular flexibility index (Phi) is 6.99. The summed E-state index contributed by atoms with van der Waals surface area (Å²) >= 11 is 0. The van der Waals surface area contributed by atoms with Gasteiger partial charge in [0.25, 0.3) is 5.91 Å². The predicted molar refractivity (Wildman–Crippen MR) is 146 cm³/mol. The summed E-state index contributed by atoms with van der Waals surface area (Å²) in [5.41, 5.74) is -5.22. The lowest BCUT2D eigenvalue weighted by molar-refractivity contribution is -0.265. The first-order valence-electron chi connectivity index (χ1n) is 13.6. The number of fused-ring (bicyclic) bond motifs is 2. The Labute approximate surface area is 242 Å². The lowest BCUT2D eigenvalue weighted by Gasteiger charge is -2.31. The van der Waals surface area contributed by atoms with Crippen molar-refractivity contribution in [1.29, 1.82) is 0 Å². The van der Waals surface area contributed by atoms with Gasteiger partial charge in [-0.2, -0.15) is 13.2 Å². The maximum Gasteiger partial charge on any atom is 0.424 e. The minimum atomic E-state index is -5.32. The number of carbonyl (C=O) groups excluding carboxylic acids is 1. The molecule has 2 atom stereocenters. The van der Waals surface area contributed by atoms with Crippen molar-refractivity contribution in [3.8, 4) is 22.8 Å². The van der Waals surface area contributed by atoms with E-state index in [-0.39, 0.29) is 40.8 Å². The zero-order chi connectivity index (χ0) is 30.6. The summed E-state index contributed by atoms with van der Waals surface area (Å²) in [6.45, 7) is -0.973. The zero-order valence-corrected chi connectivity index (χ0v) is 22.8. The Hall–Kier alpha value is -4.32. The summed E-state index contributed by atoms with van der Waals surface area (Å²) in [5, 5.41) is 14.0. The third-order valence-corrected chi connectivity index (χ3v) is 7.72. The molecule has 6 rings (SSSR count). The third-order valence-electron chi connectivity index (χ3n) is 7.72. The van der Waals surface area contributed by atoms with Crippen molar-refractivity contribution in [2.24, 2.45) is 0 Å². The van der Waals surface area contributed by atoms with Gasteiger partial charge in [0, 0.05) is 28.3 Å². The quantitative estimate of drug-likeness (QED) is 0.250. The van der Waals surface area contributed by atoms with Gasteiger partial charge in [0.2, 0.25) is 5.60 Å². The topological polar surface area (TPSA) is 93.6 Å². The van der Waals surface area contributed by atoms with E-state index in [0.717, 1.165) is 31.0 Å². The molecule has 1 saturated carbocycles. The second-order valence-electron chi connectivity index (χ2n) is 11.1. The number of halogens is 5. The highest BCUT2D eigenvalue weighted by Gasteiger charge is 2.57. The molecule has 7 nitrogen and oxygen atoms in total. The molecule has 2 aromatic heterocycles. The summed E-state index contributed by atoms with van der Waals surface area (Å²) in [6.07, 6.45) is -2.11. The predicted octanol–water partition coefficient (Wildman–Crippen LogP) is 5.78. The molecular formula is C31H26F5N3O4. The van der Waals surface area contributed by atoms with Gasteiger partial charge in [0.05, 0.1) is 23.8 Å². The van der Waals surface area contributed by atoms with E-state index in [2.05, 4.69) is 15.3 Å². The van der Waals surface area contributed by atoms with Crippen LogP contribution in [0.3, 0.4) is 0 Å². The molecule has 43 heavy (non-hydrogen) atoms. The second-order valence-corrected chi connectivity index (χ2v) is 11.1. The fraction of sp³-hybridized carbons (Fsp3) is 0.323. The van der Waals surface area contributed by atoms with Crippen LogP contribution in [0.25, 0.3) is 22.2 Å². The van der Waals surface area contributed by atoms with Crippen molar-refractivity contribution in [2.75, 3.05) is 19.8 Å². The lowest BCUT2D eigenvalue weighted by atomic mass is 9.83. The van der Waals surface area contributed by atoms with Gasteiger partial charge in [-0.15, -0.1) is 0 Å². The van der Waals surface area contributed by atoms with Gasteiger partial charge in [0.1, 0.15) is 41.8 Å². The summed E-state index contributed by atoms with van der Waals surface area (Å²) in [6, 6.07) is 11.9. The van der Waals surface area contributed by atoms with E-state index >= 15 is 0 Å². The number of hydrogen-bond acceptors (Lipinski definition) is 6. The molecule has 12 heteroatoms. The van der Waals surface area contributed by atoms with Crippen molar-refractivity contribution in [3.05, 3.63) is 83.4 Å². The number of hydrogen-bond donors (Lipinski definition) is 2. The number of alkyl halides is 4. The van der Waals surface area contributed by atoms with Crippen molar-refractivity contribution in [3.63, 3.8) is 0 Å². The standard InChI is InChI=1S/C31H26F5N3O4/c1-29(14-32)16-42-27-22(29)13-24(39-26(27)17-4-6-20(33)7-5-17)30(41,31(34,35)36)15-38-28(40)19-11-18-3-2-10-37-25(18)23(12-19)43-21-8-9-21/h2-7,10-13,21,41H,8-9,14-16H2,1H3,(H,38,40)/t29-,30?/m0/s1. The summed E-state index contributed by atoms with van der Waals surface area (Å²) in [5.74, 6) is -1.12. The number of nitrogens with zero attached hydrogens (tertiary/aromatic N) is 2. The zero-order valence-electron chi connectivity index (χ0n) is 22.8. The van der Waals surface area contributed by atoms with Gasteiger partial charge in [-0.05, 0) is 68.3 Å². The molecule has 3 heterocycles. The van der Waals surface area contributed by atoms with Gasteiger partial charge < -0.3 is 19.9 Å². The second kappa shape index (κ2) is 10.4. The van der Waals surface area contributed by atoms with Crippen molar-refractivity contribution in [1.82, 2.24) is 15.3 Å². The molecule has 0 saturated heterocycles. The first-order chi connectivity index (χ1) is 20.4. The number of aromatic nitrogens is 2. The molecule has 2 aliphatic rings. The molecule has 2 N–H and O–H groups in total. The minimum Gasteiger partial charge on any atom is -0.490 e. The van der Waals surface area contributed by atoms with E-state index in [0.29, 0.717) is 16.7 Å². The van der Waals surface area contributed by atoms with Gasteiger partial charge in [0.15, 0.2) is 0 Å². The largest absolute Gasteiger partial charge is 0.490 e. The highest BCUT2D eigenvalue weighted by molar-refractivity contribution is 6.00. The van der Waals surface area contributed by atoms with E-state index in [1.807, 2.05) is 0 Å². The Bertz CT molecular complexity index is 1710. The SMILES string of the molecule is C[C@]1(CF)COc2c1cc(C(O)(CNC(=O)c1cc(OC3CC3)c3ncccc3c1)C(F)(F)F)nc2-c1ccc(F)cc1. The fourth-order valence-electron chi connectivity index (χ4n) is 4.95. The molecule has 0 bridgehead atoms. The van der Waals surface area contributed by atoms with Crippen LogP contribution in [0.15, 0.2) is 60.8 Å². The summed E-state index contributed by atoms with van der Waals surface area (Å²) in [4.78, 5) is 21.6. The number of ether oxygens (including phenoxy) is 2. The van der Waals surface area contributed by atoms with Crippen LogP contribution in [0.5, 0.6) is 11.5 Å². The average Bonchev–Trinajstić information content (AvgIpc) is 3.75. The van der Waals surface area contributed by atoms with Gasteiger partial charge in [-0.25, -0.2) is 13.8 Å². The molecule has 1 fully saturated rings. The normalized spacial score (nSPS) is 19.4. The van der Waals surface area contributed by atoms with E-state index in [9.17, 15) is 31.9 Å². The maximum absolute atomic E-state index is 14.7. The fourth-order valence-corrected chi connectivity index (χ4v) is 4.95. The van der Waals surface area contributed by atoms with Crippen LogP contribution in [0.1, 0.15) is 41.4 Å². The van der Waals surface area contributed by atoms with E-state index in [4.69, 9.17) is 9.47 Å². The van der Waals surface area contributed by atoms with Gasteiger partial charge >= 0.3 is 6.18 Å². The number of carbonyl (C=O) groups is 1. The van der Waals surface area contributed by atoms with Gasteiger partial charge in [-0.3, -0.25) is 9.78 Å². The van der Waals surface area contributed by atoms with Crippen molar-refractivity contribution < 1.29 is 41.3 Å². The molecule has 224 valence electrons. The highest BCUT2D eigenvalue weighted by Crippen LogP contribution is 2.48. The summed E-state index contributed by atoms with van der Waals surface area (Å²) < 4.78 is 83.3.